The molecule has 1 aromatic heterocycles. The number of para-hydroxylation sites is 1. The number of methoxy groups -OCH3 is 1. The number of nitro groups is 1. The molecule has 0 saturated carbocycles. The lowest BCUT2D eigenvalue weighted by molar-refractivity contribution is -0.383. The summed E-state index contributed by atoms with van der Waals surface area (Å²) in [6, 6.07) is 4.41. The van der Waals surface area contributed by atoms with Gasteiger partial charge in [0.2, 0.25) is 0 Å². The molecule has 8 nitrogen and oxygen atoms in total. The van der Waals surface area contributed by atoms with Crippen LogP contribution in [-0.4, -0.2) is 29.5 Å². The van der Waals surface area contributed by atoms with E-state index in [-0.39, 0.29) is 29.3 Å². The first-order valence-electron chi connectivity index (χ1n) is 4.96. The topological polar surface area (TPSA) is 108 Å². The van der Waals surface area contributed by atoms with Crippen molar-refractivity contribution in [2.75, 3.05) is 19.0 Å². The molecule has 1 heterocycles. The summed E-state index contributed by atoms with van der Waals surface area (Å²) in [4.78, 5) is 25.0. The van der Waals surface area contributed by atoms with Crippen LogP contribution >= 0.6 is 0 Å². The molecular formula is C10H9N3O5. The van der Waals surface area contributed by atoms with Crippen LogP contribution in [0.2, 0.25) is 0 Å². The largest absolute Gasteiger partial charge is 0.468 e. The summed E-state index contributed by atoms with van der Waals surface area (Å²) >= 11 is 0. The number of ether oxygens (including phenoxy) is 1. The van der Waals surface area contributed by atoms with Crippen molar-refractivity contribution < 1.29 is 18.9 Å². The molecule has 0 radical (unpaired) electrons. The van der Waals surface area contributed by atoms with E-state index in [1.807, 2.05) is 0 Å². The number of nitrogens with one attached hydrogen (secondary N) is 1. The number of nitrogens with zero attached hydrogens (tertiary/aromatic N) is 2. The highest BCUT2D eigenvalue weighted by Crippen LogP contribution is 2.27. The van der Waals surface area contributed by atoms with Gasteiger partial charge in [-0.3, -0.25) is 14.9 Å². The van der Waals surface area contributed by atoms with Gasteiger partial charge in [-0.2, -0.15) is 4.98 Å². The van der Waals surface area contributed by atoms with Crippen molar-refractivity contribution in [3.8, 4) is 0 Å². The number of anilines is 1. The number of nitro benzene ring substituents is 1. The van der Waals surface area contributed by atoms with Gasteiger partial charge < -0.3 is 14.5 Å². The van der Waals surface area contributed by atoms with Gasteiger partial charge in [0.15, 0.2) is 11.1 Å². The van der Waals surface area contributed by atoms with Gasteiger partial charge in [-0.25, -0.2) is 0 Å². The van der Waals surface area contributed by atoms with E-state index in [2.05, 4.69) is 15.0 Å². The maximum absolute atomic E-state index is 10.9. The number of hydrogen-bond acceptors (Lipinski definition) is 7. The van der Waals surface area contributed by atoms with E-state index in [1.54, 1.807) is 6.07 Å². The van der Waals surface area contributed by atoms with E-state index in [0.29, 0.717) is 0 Å². The number of oxazole rings is 1. The number of non-ortho nitro benzene ring substituents is 1. The fourth-order valence-electron chi connectivity index (χ4n) is 1.38. The van der Waals surface area contributed by atoms with Crippen molar-refractivity contribution in [1.29, 1.82) is 0 Å². The smallest absolute Gasteiger partial charge is 0.325 e. The van der Waals surface area contributed by atoms with Crippen molar-refractivity contribution in [3.63, 3.8) is 0 Å². The summed E-state index contributed by atoms with van der Waals surface area (Å²) in [6.45, 7) is -0.128. The number of aromatic nitrogens is 1. The predicted molar refractivity (Wildman–Crippen MR) is 61.2 cm³/mol. The molecule has 94 valence electrons. The maximum Gasteiger partial charge on any atom is 0.325 e. The molecular weight excluding hydrogens is 242 g/mol. The summed E-state index contributed by atoms with van der Waals surface area (Å²) in [5.41, 5.74) is 0.258. The van der Waals surface area contributed by atoms with Crippen molar-refractivity contribution in [1.82, 2.24) is 4.98 Å². The van der Waals surface area contributed by atoms with Gasteiger partial charge in [-0.15, -0.1) is 0 Å². The van der Waals surface area contributed by atoms with E-state index in [4.69, 9.17) is 4.42 Å². The molecule has 18 heavy (non-hydrogen) atoms. The van der Waals surface area contributed by atoms with Crippen LogP contribution in [0.15, 0.2) is 22.6 Å². The summed E-state index contributed by atoms with van der Waals surface area (Å²) in [5, 5.41) is 13.3. The lowest BCUT2D eigenvalue weighted by Gasteiger charge is -1.98. The first kappa shape index (κ1) is 11.8. The lowest BCUT2D eigenvalue weighted by Crippen LogP contribution is -2.14. The van der Waals surface area contributed by atoms with E-state index < -0.39 is 10.9 Å². The molecule has 0 atom stereocenters. The molecule has 0 aliphatic rings. The Balaban J connectivity index is 2.30. The normalized spacial score (nSPS) is 10.3. The second kappa shape index (κ2) is 4.70. The highest BCUT2D eigenvalue weighted by molar-refractivity contribution is 5.84. The van der Waals surface area contributed by atoms with Gasteiger partial charge in [0.05, 0.1) is 12.0 Å². The average Bonchev–Trinajstić information content (AvgIpc) is 2.77. The highest BCUT2D eigenvalue weighted by Gasteiger charge is 2.17. The Morgan fingerprint density at radius 2 is 2.39 bits per heavy atom. The minimum absolute atomic E-state index is 0.0321. The molecule has 0 bridgehead atoms. The molecule has 0 spiro atoms. The number of esters is 1. The molecule has 1 N–H and O–H groups in total. The molecule has 2 aromatic rings. The third-order valence-electron chi connectivity index (χ3n) is 2.21. The van der Waals surface area contributed by atoms with E-state index in [0.717, 1.165) is 0 Å². The van der Waals surface area contributed by atoms with E-state index in [9.17, 15) is 14.9 Å². The molecule has 0 unspecified atom stereocenters. The Hall–Kier alpha value is -2.64. The zero-order valence-corrected chi connectivity index (χ0v) is 9.37. The Morgan fingerprint density at radius 1 is 1.61 bits per heavy atom. The Kier molecular flexibility index (Phi) is 3.09. The van der Waals surface area contributed by atoms with Gasteiger partial charge in [-0.05, 0) is 6.07 Å². The zero-order valence-electron chi connectivity index (χ0n) is 9.37. The quantitative estimate of drug-likeness (QED) is 0.496. The van der Waals surface area contributed by atoms with Crippen LogP contribution in [0.3, 0.4) is 0 Å². The molecule has 8 heteroatoms. The van der Waals surface area contributed by atoms with Gasteiger partial charge in [0.25, 0.3) is 11.7 Å². The molecule has 2 rings (SSSR count). The Morgan fingerprint density at radius 3 is 3.06 bits per heavy atom. The first-order chi connectivity index (χ1) is 8.61. The summed E-state index contributed by atoms with van der Waals surface area (Å²) in [6.07, 6.45) is 0. The van der Waals surface area contributed by atoms with E-state index >= 15 is 0 Å². The van der Waals surface area contributed by atoms with Crippen LogP contribution < -0.4 is 5.32 Å². The maximum atomic E-state index is 10.9. The Labute approximate surface area is 101 Å². The Bertz CT molecular complexity index is 607. The fraction of sp³-hybridized carbons (Fsp3) is 0.200. The van der Waals surface area contributed by atoms with Crippen LogP contribution in [0.4, 0.5) is 11.7 Å². The molecule has 0 aliphatic heterocycles. The van der Waals surface area contributed by atoms with Crippen molar-refractivity contribution in [3.05, 3.63) is 28.3 Å². The van der Waals surface area contributed by atoms with Crippen molar-refractivity contribution in [2.45, 2.75) is 0 Å². The number of fused-ring (bicyclic) bond motifs is 1. The van der Waals surface area contributed by atoms with Gasteiger partial charge in [0, 0.05) is 6.07 Å². The lowest BCUT2D eigenvalue weighted by atomic mass is 10.3. The minimum Gasteiger partial charge on any atom is -0.468 e. The van der Waals surface area contributed by atoms with Gasteiger partial charge >= 0.3 is 5.97 Å². The van der Waals surface area contributed by atoms with Crippen molar-refractivity contribution in [2.24, 2.45) is 0 Å². The number of carbonyl (C=O) groups excluding carboxylic acids is 1. The third-order valence-corrected chi connectivity index (χ3v) is 2.21. The number of benzene rings is 1. The van der Waals surface area contributed by atoms with E-state index in [1.165, 1.54) is 19.2 Å². The van der Waals surface area contributed by atoms with Crippen LogP contribution in [0, 0.1) is 10.1 Å². The van der Waals surface area contributed by atoms with Crippen LogP contribution in [0.25, 0.3) is 11.1 Å². The molecule has 1 aromatic carbocycles. The van der Waals surface area contributed by atoms with Crippen LogP contribution in [0.5, 0.6) is 0 Å². The summed E-state index contributed by atoms with van der Waals surface area (Å²) in [5.74, 6) is -0.494. The summed E-state index contributed by atoms with van der Waals surface area (Å²) < 4.78 is 9.65. The fourth-order valence-corrected chi connectivity index (χ4v) is 1.38. The minimum atomic E-state index is -0.547. The third kappa shape index (κ3) is 2.21. The average molecular weight is 251 g/mol. The second-order valence-electron chi connectivity index (χ2n) is 3.33. The number of rotatable bonds is 4. The van der Waals surface area contributed by atoms with Crippen LogP contribution in [-0.2, 0) is 9.53 Å². The SMILES string of the molecule is COC(=O)CNc1nc2c([N+](=O)[O-])cccc2o1. The second-order valence-corrected chi connectivity index (χ2v) is 3.33. The van der Waals surface area contributed by atoms with Crippen molar-refractivity contribution >= 4 is 28.8 Å². The monoisotopic (exact) mass is 251 g/mol. The van der Waals surface area contributed by atoms with Gasteiger partial charge in [0.1, 0.15) is 6.54 Å². The summed E-state index contributed by atoms with van der Waals surface area (Å²) in [7, 11) is 1.25. The predicted octanol–water partition coefficient (Wildman–Crippen LogP) is 1.32. The molecule has 0 fully saturated rings. The number of hydrogen-bond donors (Lipinski definition) is 1. The molecule has 0 saturated heterocycles. The number of carbonyl (C=O) groups is 1. The first-order valence-corrected chi connectivity index (χ1v) is 4.96. The standard InChI is InChI=1S/C10H9N3O5/c1-17-8(14)5-11-10-12-9-6(13(15)16)3-2-4-7(9)18-10/h2-4H,5H2,1H3,(H,11,12). The van der Waals surface area contributed by atoms with Crippen LogP contribution in [0.1, 0.15) is 0 Å². The highest BCUT2D eigenvalue weighted by atomic mass is 16.6. The van der Waals surface area contributed by atoms with Gasteiger partial charge in [-0.1, -0.05) is 6.07 Å². The molecule has 0 aliphatic carbocycles. The zero-order chi connectivity index (χ0) is 13.1. The molecule has 0 amide bonds.